The van der Waals surface area contributed by atoms with E-state index in [1.807, 2.05) is 0 Å². The molecule has 1 heterocycles. The molecule has 5 unspecified atom stereocenters. The number of allylic oxidation sites excluding steroid dienone is 8. The Balaban J connectivity index is 1.03. The van der Waals surface area contributed by atoms with Crippen molar-refractivity contribution in [1.82, 2.24) is 10.2 Å². The van der Waals surface area contributed by atoms with Gasteiger partial charge in [-0.1, -0.05) is 190 Å². The third kappa shape index (κ3) is 5.59. The summed E-state index contributed by atoms with van der Waals surface area (Å²) in [5, 5.41) is 14.9. The van der Waals surface area contributed by atoms with Crippen molar-refractivity contribution in [3.8, 4) is 0 Å². The molecule has 7 aromatic rings. The molecule has 1 aliphatic heterocycles. The Morgan fingerprint density at radius 2 is 1.48 bits per heavy atom. The average molecular weight is 803 g/mol. The highest BCUT2D eigenvalue weighted by molar-refractivity contribution is 6.13. The van der Waals surface area contributed by atoms with E-state index < -0.39 is 0 Å². The predicted octanol–water partition coefficient (Wildman–Crippen LogP) is 14.7. The summed E-state index contributed by atoms with van der Waals surface area (Å²) in [7, 11) is 0. The van der Waals surface area contributed by atoms with Crippen molar-refractivity contribution in [3.05, 3.63) is 208 Å². The molecule has 2 bridgehead atoms. The number of nitrogens with zero attached hydrogens (tertiary/aromatic N) is 1. The van der Waals surface area contributed by atoms with E-state index >= 15 is 0 Å². The zero-order valence-corrected chi connectivity index (χ0v) is 36.4. The SMILES string of the molecule is CCC1(C)C2=CCC3(C=C2c2ccccc21)CN(C(C)N/C(=C1/C=CC=CC1C)c1ccc2c(ccc4ccccc42)c1)CC1CC3=Cc2c1c1ccccc1c1ccccc21. The molecule has 0 saturated carbocycles. The Labute approximate surface area is 366 Å². The Kier molecular flexibility index (Phi) is 8.57. The summed E-state index contributed by atoms with van der Waals surface area (Å²) in [6.07, 6.45) is 20.4. The van der Waals surface area contributed by atoms with Crippen LogP contribution in [-0.4, -0.2) is 24.2 Å². The number of benzene rings is 7. The van der Waals surface area contributed by atoms with Crippen molar-refractivity contribution in [2.45, 2.75) is 64.5 Å². The van der Waals surface area contributed by atoms with Crippen molar-refractivity contribution >= 4 is 60.4 Å². The zero-order valence-electron chi connectivity index (χ0n) is 36.4. The molecule has 304 valence electrons. The van der Waals surface area contributed by atoms with Gasteiger partial charge in [-0.2, -0.15) is 0 Å². The number of hydrogen-bond acceptors (Lipinski definition) is 2. The Bertz CT molecular complexity index is 3220. The van der Waals surface area contributed by atoms with Gasteiger partial charge < -0.3 is 5.32 Å². The summed E-state index contributed by atoms with van der Waals surface area (Å²) in [6.45, 7) is 11.5. The average Bonchev–Trinajstić information content (AvgIpc) is 3.50. The first-order valence-electron chi connectivity index (χ1n) is 23.0. The van der Waals surface area contributed by atoms with Crippen LogP contribution in [0.2, 0.25) is 0 Å². The maximum Gasteiger partial charge on any atom is 0.0765 e. The van der Waals surface area contributed by atoms with E-state index in [9.17, 15) is 0 Å². The molecular formula is C60H54N2. The second-order valence-electron chi connectivity index (χ2n) is 19.1. The number of hydrogen-bond donors (Lipinski definition) is 1. The molecule has 2 heteroatoms. The summed E-state index contributed by atoms with van der Waals surface area (Å²) in [5.41, 5.74) is 14.1. The van der Waals surface area contributed by atoms with Gasteiger partial charge in [0.15, 0.2) is 0 Å². The second-order valence-corrected chi connectivity index (χ2v) is 19.1. The van der Waals surface area contributed by atoms with Crippen molar-refractivity contribution in [2.75, 3.05) is 13.1 Å². The second kappa shape index (κ2) is 14.2. The number of fused-ring (bicyclic) bond motifs is 16. The first kappa shape index (κ1) is 37.5. The fourth-order valence-corrected chi connectivity index (χ4v) is 12.4. The minimum absolute atomic E-state index is 0.0282. The smallest absolute Gasteiger partial charge is 0.0765 e. The maximum atomic E-state index is 4.27. The fraction of sp³-hybridized carbons (Fsp3) is 0.233. The standard InChI is InChI=1S/C60H54N2/c1-5-59(4)55-25-15-14-23-51(55)54-35-60(31-30-56(54)59)37-62(36-43-33-44(60)34-53-50-22-11-10-20-48(50)49-21-12-13-24-52(49)57(43)53)39(3)61-58(45-18-8-6-16-38(45)2)42-28-29-47-41(32-42)27-26-40-17-7-9-19-46(40)47/h6-30,32,34-35,38-39,43,61H,5,31,33,36-37H2,1-4H3/b58-45-. The van der Waals surface area contributed by atoms with Gasteiger partial charge in [-0.15, -0.1) is 0 Å². The lowest BCUT2D eigenvalue weighted by Crippen LogP contribution is -2.48. The molecule has 5 aliphatic rings. The molecule has 1 saturated heterocycles. The molecule has 7 aromatic carbocycles. The van der Waals surface area contributed by atoms with Crippen LogP contribution in [0.1, 0.15) is 80.7 Å². The summed E-state index contributed by atoms with van der Waals surface area (Å²) in [5.74, 6) is 0.639. The highest BCUT2D eigenvalue weighted by atomic mass is 15.3. The molecule has 2 nitrogen and oxygen atoms in total. The van der Waals surface area contributed by atoms with E-state index in [0.717, 1.165) is 32.4 Å². The van der Waals surface area contributed by atoms with Gasteiger partial charge in [0.1, 0.15) is 0 Å². The van der Waals surface area contributed by atoms with E-state index in [1.54, 1.807) is 5.57 Å². The van der Waals surface area contributed by atoms with Gasteiger partial charge in [0, 0.05) is 41.5 Å². The summed E-state index contributed by atoms with van der Waals surface area (Å²) < 4.78 is 0. The third-order valence-electron chi connectivity index (χ3n) is 15.8. The molecule has 1 spiro atoms. The molecule has 12 rings (SSSR count). The quantitative estimate of drug-likeness (QED) is 0.174. The largest absolute Gasteiger partial charge is 0.369 e. The van der Waals surface area contributed by atoms with E-state index in [-0.39, 0.29) is 22.9 Å². The van der Waals surface area contributed by atoms with Gasteiger partial charge in [-0.05, 0) is 120 Å². The number of rotatable bonds is 5. The van der Waals surface area contributed by atoms with E-state index in [2.05, 4.69) is 208 Å². The van der Waals surface area contributed by atoms with Crippen LogP contribution in [-0.2, 0) is 5.41 Å². The monoisotopic (exact) mass is 802 g/mol. The van der Waals surface area contributed by atoms with Gasteiger partial charge in [0.2, 0.25) is 0 Å². The van der Waals surface area contributed by atoms with Gasteiger partial charge in [-0.25, -0.2) is 0 Å². The van der Waals surface area contributed by atoms with Crippen LogP contribution in [0.5, 0.6) is 0 Å². The van der Waals surface area contributed by atoms with Gasteiger partial charge in [-0.3, -0.25) is 4.90 Å². The summed E-state index contributed by atoms with van der Waals surface area (Å²) >= 11 is 0. The van der Waals surface area contributed by atoms with Gasteiger partial charge in [0.25, 0.3) is 0 Å². The van der Waals surface area contributed by atoms with Crippen molar-refractivity contribution in [1.29, 1.82) is 0 Å². The topological polar surface area (TPSA) is 15.3 Å². The van der Waals surface area contributed by atoms with Crippen LogP contribution in [0.4, 0.5) is 0 Å². The lowest BCUT2D eigenvalue weighted by Gasteiger charge is -2.41. The summed E-state index contributed by atoms with van der Waals surface area (Å²) in [4.78, 5) is 2.82. The summed E-state index contributed by atoms with van der Waals surface area (Å²) in [6, 6.07) is 48.1. The first-order chi connectivity index (χ1) is 30.3. The van der Waals surface area contributed by atoms with Crippen molar-refractivity contribution in [2.24, 2.45) is 11.3 Å². The molecular weight excluding hydrogens is 749 g/mol. The number of nitrogens with one attached hydrogen (secondary N) is 1. The minimum Gasteiger partial charge on any atom is -0.369 e. The van der Waals surface area contributed by atoms with Gasteiger partial charge >= 0.3 is 0 Å². The molecule has 0 amide bonds. The van der Waals surface area contributed by atoms with Gasteiger partial charge in [0.05, 0.1) is 6.17 Å². The van der Waals surface area contributed by atoms with E-state index in [0.29, 0.717) is 5.92 Å². The maximum absolute atomic E-state index is 4.27. The molecule has 0 radical (unpaired) electrons. The highest BCUT2D eigenvalue weighted by Gasteiger charge is 2.48. The van der Waals surface area contributed by atoms with Crippen LogP contribution >= 0.6 is 0 Å². The molecule has 62 heavy (non-hydrogen) atoms. The number of likely N-dealkylation sites (tertiary alicyclic amines) is 1. The Morgan fingerprint density at radius 3 is 2.31 bits per heavy atom. The van der Waals surface area contributed by atoms with E-state index in [4.69, 9.17) is 0 Å². The van der Waals surface area contributed by atoms with Crippen LogP contribution in [0, 0.1) is 11.3 Å². The third-order valence-corrected chi connectivity index (χ3v) is 15.8. The Morgan fingerprint density at radius 1 is 0.774 bits per heavy atom. The van der Waals surface area contributed by atoms with Crippen LogP contribution in [0.3, 0.4) is 0 Å². The van der Waals surface area contributed by atoms with Crippen LogP contribution < -0.4 is 5.32 Å². The van der Waals surface area contributed by atoms with Crippen LogP contribution in [0.25, 0.3) is 60.4 Å². The molecule has 5 atom stereocenters. The molecule has 1 N–H and O–H groups in total. The normalized spacial score (nSPS) is 25.3. The zero-order chi connectivity index (χ0) is 41.7. The molecule has 0 aromatic heterocycles. The molecule has 1 fully saturated rings. The highest BCUT2D eigenvalue weighted by Crippen LogP contribution is 2.59. The molecule has 4 aliphatic carbocycles. The van der Waals surface area contributed by atoms with Crippen molar-refractivity contribution in [3.63, 3.8) is 0 Å². The van der Waals surface area contributed by atoms with E-state index in [1.165, 1.54) is 93.3 Å². The lowest BCUT2D eigenvalue weighted by molar-refractivity contribution is 0.155. The van der Waals surface area contributed by atoms with Crippen LogP contribution in [0.15, 0.2) is 181 Å². The lowest BCUT2D eigenvalue weighted by atomic mass is 9.65. The Hall–Kier alpha value is -6.22. The van der Waals surface area contributed by atoms with Crippen molar-refractivity contribution < 1.29 is 0 Å². The first-order valence-corrected chi connectivity index (χ1v) is 23.0. The fourth-order valence-electron chi connectivity index (χ4n) is 12.4. The predicted molar refractivity (Wildman–Crippen MR) is 264 cm³/mol. The minimum atomic E-state index is -0.155.